The number of aromatic amines is 1. The number of hydrogen-bond donors (Lipinski definition) is 1. The molecule has 4 aromatic rings. The van der Waals surface area contributed by atoms with Gasteiger partial charge in [-0.3, -0.25) is 5.10 Å². The van der Waals surface area contributed by atoms with E-state index in [1.165, 1.54) is 11.8 Å². The van der Waals surface area contributed by atoms with E-state index in [0.29, 0.717) is 10.9 Å². The molecule has 0 atom stereocenters. The van der Waals surface area contributed by atoms with E-state index < -0.39 is 0 Å². The van der Waals surface area contributed by atoms with Gasteiger partial charge in [-0.15, -0.1) is 16.4 Å². The normalized spacial score (nSPS) is 11.0. The highest BCUT2D eigenvalue weighted by Crippen LogP contribution is 2.26. The third-order valence-electron chi connectivity index (χ3n) is 3.19. The average Bonchev–Trinajstić information content (AvgIpc) is 3.33. The van der Waals surface area contributed by atoms with E-state index in [2.05, 4.69) is 20.3 Å². The lowest BCUT2D eigenvalue weighted by molar-refractivity contribution is 0.426. The zero-order chi connectivity index (χ0) is 15.5. The Balaban J connectivity index is 1.43. The molecule has 0 spiro atoms. The molecule has 0 aliphatic heterocycles. The van der Waals surface area contributed by atoms with Gasteiger partial charge < -0.3 is 4.52 Å². The van der Waals surface area contributed by atoms with Crippen LogP contribution in [0.5, 0.6) is 0 Å². The van der Waals surface area contributed by atoms with Gasteiger partial charge in [0.25, 0.3) is 0 Å². The number of thiophene rings is 1. The van der Waals surface area contributed by atoms with Gasteiger partial charge in [0.05, 0.1) is 10.6 Å². The zero-order valence-electron chi connectivity index (χ0n) is 12.0. The molecule has 5 nitrogen and oxygen atoms in total. The Morgan fingerprint density at radius 1 is 1.13 bits per heavy atom. The largest absolute Gasteiger partial charge is 0.356 e. The van der Waals surface area contributed by atoms with Crippen LogP contribution in [0, 0.1) is 0 Å². The number of hydrogen-bond acceptors (Lipinski definition) is 6. The predicted octanol–water partition coefficient (Wildman–Crippen LogP) is 4.48. The number of nitrogens with zero attached hydrogens (tertiary/aromatic N) is 3. The lowest BCUT2D eigenvalue weighted by Gasteiger charge is -1.92. The van der Waals surface area contributed by atoms with Crippen LogP contribution in [0.4, 0.5) is 0 Å². The van der Waals surface area contributed by atoms with Crippen LogP contribution in [0.2, 0.25) is 0 Å². The fourth-order valence-electron chi connectivity index (χ4n) is 2.09. The van der Waals surface area contributed by atoms with Crippen molar-refractivity contribution in [3.05, 3.63) is 59.6 Å². The molecule has 4 rings (SSSR count). The molecule has 0 unspecified atom stereocenters. The maximum Gasteiger partial charge on any atom is 0.209 e. The van der Waals surface area contributed by atoms with Crippen molar-refractivity contribution in [2.45, 2.75) is 10.9 Å². The van der Waals surface area contributed by atoms with E-state index in [0.717, 1.165) is 27.7 Å². The summed E-state index contributed by atoms with van der Waals surface area (Å²) in [5.41, 5.74) is 1.89. The van der Waals surface area contributed by atoms with E-state index in [4.69, 9.17) is 4.52 Å². The molecule has 0 amide bonds. The number of H-pyrrole nitrogens is 1. The molecule has 0 aliphatic rings. The summed E-state index contributed by atoms with van der Waals surface area (Å²) < 4.78 is 5.39. The van der Waals surface area contributed by atoms with E-state index in [1.54, 1.807) is 11.3 Å². The van der Waals surface area contributed by atoms with Crippen molar-refractivity contribution in [3.63, 3.8) is 0 Å². The molecular weight excluding hydrogens is 328 g/mol. The average molecular weight is 340 g/mol. The monoisotopic (exact) mass is 340 g/mol. The summed E-state index contributed by atoms with van der Waals surface area (Å²) >= 11 is 3.16. The summed E-state index contributed by atoms with van der Waals surface area (Å²) in [6, 6.07) is 15.9. The fraction of sp³-hybridized carbons (Fsp3) is 0.0625. The number of aromatic nitrogens is 4. The Bertz CT molecular complexity index is 884. The summed E-state index contributed by atoms with van der Waals surface area (Å²) in [4.78, 5) is 5.56. The van der Waals surface area contributed by atoms with Crippen LogP contribution >= 0.6 is 23.1 Å². The second kappa shape index (κ2) is 6.39. The van der Waals surface area contributed by atoms with Crippen LogP contribution < -0.4 is 0 Å². The lowest BCUT2D eigenvalue weighted by Crippen LogP contribution is -1.81. The van der Waals surface area contributed by atoms with Crippen LogP contribution in [-0.2, 0) is 5.75 Å². The molecular formula is C16H12N4OS2. The Hall–Kier alpha value is -2.38. The van der Waals surface area contributed by atoms with Crippen LogP contribution in [0.3, 0.4) is 0 Å². The van der Waals surface area contributed by atoms with Crippen molar-refractivity contribution in [1.29, 1.82) is 0 Å². The van der Waals surface area contributed by atoms with Crippen molar-refractivity contribution in [3.8, 4) is 22.0 Å². The highest BCUT2D eigenvalue weighted by molar-refractivity contribution is 7.98. The smallest absolute Gasteiger partial charge is 0.209 e. The molecule has 23 heavy (non-hydrogen) atoms. The number of rotatable bonds is 5. The van der Waals surface area contributed by atoms with Gasteiger partial charge in [0.1, 0.15) is 0 Å². The number of nitrogens with one attached hydrogen (secondary N) is 1. The molecule has 0 fully saturated rings. The minimum Gasteiger partial charge on any atom is -0.356 e. The van der Waals surface area contributed by atoms with Crippen LogP contribution in [0.15, 0.2) is 63.6 Å². The van der Waals surface area contributed by atoms with Crippen LogP contribution in [-0.4, -0.2) is 20.3 Å². The molecule has 0 saturated heterocycles. The molecule has 1 aromatic carbocycles. The van der Waals surface area contributed by atoms with Crippen molar-refractivity contribution in [2.24, 2.45) is 0 Å². The second-order valence-corrected chi connectivity index (χ2v) is 6.67. The van der Waals surface area contributed by atoms with Crippen LogP contribution in [0.25, 0.3) is 22.0 Å². The van der Waals surface area contributed by atoms with E-state index in [9.17, 15) is 0 Å². The van der Waals surface area contributed by atoms with Gasteiger partial charge in [0.2, 0.25) is 5.16 Å². The summed E-state index contributed by atoms with van der Waals surface area (Å²) in [7, 11) is 0. The standard InChI is InChI=1S/C16H12N4OS2/c1-2-5-11(6-3-1)13-9-12(20-21-13)10-23-16-17-15(18-19-16)14-7-4-8-22-14/h1-9H,10H2,(H,17,18,19). The van der Waals surface area contributed by atoms with Crippen molar-refractivity contribution >= 4 is 23.1 Å². The number of benzene rings is 1. The molecule has 0 radical (unpaired) electrons. The highest BCUT2D eigenvalue weighted by atomic mass is 32.2. The van der Waals surface area contributed by atoms with Gasteiger partial charge >= 0.3 is 0 Å². The quantitative estimate of drug-likeness (QED) is 0.543. The molecule has 3 aromatic heterocycles. The molecule has 0 bridgehead atoms. The summed E-state index contributed by atoms with van der Waals surface area (Å²) in [6.07, 6.45) is 0. The minimum atomic E-state index is 0.665. The molecule has 0 aliphatic carbocycles. The summed E-state index contributed by atoms with van der Waals surface area (Å²) in [5.74, 6) is 2.24. The van der Waals surface area contributed by atoms with Crippen molar-refractivity contribution in [1.82, 2.24) is 20.3 Å². The SMILES string of the molecule is c1ccc(-c2cc(CSc3n[nH]c(-c4cccs4)n3)no2)cc1. The fourth-order valence-corrected chi connectivity index (χ4v) is 3.43. The summed E-state index contributed by atoms with van der Waals surface area (Å²) in [6.45, 7) is 0. The molecule has 114 valence electrons. The van der Waals surface area contributed by atoms with Gasteiger partial charge in [-0.1, -0.05) is 53.3 Å². The first kappa shape index (κ1) is 14.2. The third-order valence-corrected chi connectivity index (χ3v) is 4.94. The van der Waals surface area contributed by atoms with E-state index in [1.807, 2.05) is 53.9 Å². The molecule has 3 heterocycles. The van der Waals surface area contributed by atoms with Gasteiger partial charge in [0, 0.05) is 17.4 Å². The van der Waals surface area contributed by atoms with E-state index >= 15 is 0 Å². The van der Waals surface area contributed by atoms with E-state index in [-0.39, 0.29) is 0 Å². The van der Waals surface area contributed by atoms with Crippen LogP contribution in [0.1, 0.15) is 5.69 Å². The van der Waals surface area contributed by atoms with Crippen molar-refractivity contribution < 1.29 is 4.52 Å². The van der Waals surface area contributed by atoms with Gasteiger partial charge in [0.15, 0.2) is 11.6 Å². The predicted molar refractivity (Wildman–Crippen MR) is 91.2 cm³/mol. The Morgan fingerprint density at radius 2 is 2.04 bits per heavy atom. The highest BCUT2D eigenvalue weighted by Gasteiger charge is 2.10. The van der Waals surface area contributed by atoms with Gasteiger partial charge in [-0.2, -0.15) is 0 Å². The second-order valence-electron chi connectivity index (χ2n) is 4.78. The molecule has 0 saturated carbocycles. The maximum absolute atomic E-state index is 5.39. The molecule has 7 heteroatoms. The Labute approximate surface area is 140 Å². The first-order valence-electron chi connectivity index (χ1n) is 6.98. The van der Waals surface area contributed by atoms with Gasteiger partial charge in [-0.25, -0.2) is 4.98 Å². The van der Waals surface area contributed by atoms with Gasteiger partial charge in [-0.05, 0) is 11.4 Å². The Kier molecular flexibility index (Phi) is 3.95. The van der Waals surface area contributed by atoms with Crippen molar-refractivity contribution in [2.75, 3.05) is 0 Å². The maximum atomic E-state index is 5.39. The number of thioether (sulfide) groups is 1. The Morgan fingerprint density at radius 3 is 2.87 bits per heavy atom. The molecule has 1 N–H and O–H groups in total. The minimum absolute atomic E-state index is 0.665. The first-order valence-corrected chi connectivity index (χ1v) is 8.85. The zero-order valence-corrected chi connectivity index (χ0v) is 13.6. The topological polar surface area (TPSA) is 67.6 Å². The summed E-state index contributed by atoms with van der Waals surface area (Å²) in [5, 5.41) is 14.0. The third kappa shape index (κ3) is 3.20. The first-order chi connectivity index (χ1) is 11.4. The lowest BCUT2D eigenvalue weighted by atomic mass is 10.2.